The largest absolute Gasteiger partial charge is 0.405 e. The third-order valence-corrected chi connectivity index (χ3v) is 1.93. The van der Waals surface area contributed by atoms with Crippen molar-refractivity contribution < 1.29 is 22.0 Å². The molecule has 102 valence electrons. The van der Waals surface area contributed by atoms with E-state index < -0.39 is 30.2 Å². The van der Waals surface area contributed by atoms with Crippen LogP contribution in [0.15, 0.2) is 6.07 Å². The number of hydrogen-bond acceptors (Lipinski definition) is 3. The Morgan fingerprint density at radius 2 is 1.67 bits per heavy atom. The molecule has 0 aliphatic carbocycles. The molecule has 0 atom stereocenters. The molecule has 0 radical (unpaired) electrons. The van der Waals surface area contributed by atoms with Crippen molar-refractivity contribution in [1.29, 1.82) is 0 Å². The van der Waals surface area contributed by atoms with Gasteiger partial charge in [0.15, 0.2) is 23.3 Å². The standard InChI is InChI=1S/C10H12F5N3/c1-2-3-16-8-6(11)4-7(12)9(18-8)17-5-10(13,14)15/h4H,2-3,5H2,1H3,(H2,16,17,18). The van der Waals surface area contributed by atoms with Crippen molar-refractivity contribution in [2.45, 2.75) is 19.5 Å². The molecule has 0 saturated heterocycles. The van der Waals surface area contributed by atoms with Gasteiger partial charge in [-0.1, -0.05) is 6.92 Å². The molecule has 0 saturated carbocycles. The van der Waals surface area contributed by atoms with Crippen molar-refractivity contribution in [3.63, 3.8) is 0 Å². The van der Waals surface area contributed by atoms with Gasteiger partial charge >= 0.3 is 6.18 Å². The summed E-state index contributed by atoms with van der Waals surface area (Å²) in [6, 6.07) is 0.490. The van der Waals surface area contributed by atoms with Crippen LogP contribution in [0.5, 0.6) is 0 Å². The summed E-state index contributed by atoms with van der Waals surface area (Å²) in [5, 5.41) is 4.33. The van der Waals surface area contributed by atoms with Gasteiger partial charge in [-0.3, -0.25) is 0 Å². The van der Waals surface area contributed by atoms with Crippen LogP contribution < -0.4 is 10.6 Å². The van der Waals surface area contributed by atoms with Crippen molar-refractivity contribution >= 4 is 11.6 Å². The zero-order chi connectivity index (χ0) is 13.8. The number of anilines is 2. The predicted molar refractivity (Wildman–Crippen MR) is 57.5 cm³/mol. The molecule has 0 unspecified atom stereocenters. The average Bonchev–Trinajstić information content (AvgIpc) is 2.25. The lowest BCUT2D eigenvalue weighted by molar-refractivity contribution is -0.115. The lowest BCUT2D eigenvalue weighted by Crippen LogP contribution is -2.22. The number of rotatable bonds is 5. The van der Waals surface area contributed by atoms with Crippen molar-refractivity contribution in [3.8, 4) is 0 Å². The summed E-state index contributed by atoms with van der Waals surface area (Å²) in [4.78, 5) is 3.44. The Kier molecular flexibility index (Phi) is 4.69. The molecule has 1 aromatic rings. The number of halogens is 5. The summed E-state index contributed by atoms with van der Waals surface area (Å²) in [7, 11) is 0. The van der Waals surface area contributed by atoms with E-state index in [1.807, 2.05) is 6.92 Å². The number of aromatic nitrogens is 1. The van der Waals surface area contributed by atoms with Gasteiger partial charge in [0.05, 0.1) is 0 Å². The molecule has 1 rings (SSSR count). The molecule has 1 heterocycles. The van der Waals surface area contributed by atoms with Gasteiger partial charge < -0.3 is 10.6 Å². The third-order valence-electron chi connectivity index (χ3n) is 1.93. The Hall–Kier alpha value is -1.60. The molecular weight excluding hydrogens is 257 g/mol. The summed E-state index contributed by atoms with van der Waals surface area (Å²) >= 11 is 0. The van der Waals surface area contributed by atoms with Gasteiger partial charge in [0.2, 0.25) is 0 Å². The summed E-state index contributed by atoms with van der Waals surface area (Å²) < 4.78 is 62.2. The first kappa shape index (κ1) is 14.5. The lowest BCUT2D eigenvalue weighted by atomic mass is 10.3. The van der Waals surface area contributed by atoms with Crippen LogP contribution in [0.25, 0.3) is 0 Å². The topological polar surface area (TPSA) is 37.0 Å². The Balaban J connectivity index is 2.84. The number of hydrogen-bond donors (Lipinski definition) is 2. The smallest absolute Gasteiger partial charge is 0.368 e. The summed E-state index contributed by atoms with van der Waals surface area (Å²) in [5.41, 5.74) is 0. The van der Waals surface area contributed by atoms with E-state index in [2.05, 4.69) is 10.3 Å². The molecule has 0 bridgehead atoms. The van der Waals surface area contributed by atoms with Crippen molar-refractivity contribution in [2.24, 2.45) is 0 Å². The highest BCUT2D eigenvalue weighted by Crippen LogP contribution is 2.21. The normalized spacial score (nSPS) is 11.4. The van der Waals surface area contributed by atoms with Gasteiger partial charge in [-0.05, 0) is 6.42 Å². The molecule has 0 aliphatic heterocycles. The number of pyridine rings is 1. The van der Waals surface area contributed by atoms with Crippen LogP contribution in [0.1, 0.15) is 13.3 Å². The first-order valence-electron chi connectivity index (χ1n) is 5.24. The minimum absolute atomic E-state index is 0.275. The van der Waals surface area contributed by atoms with E-state index >= 15 is 0 Å². The minimum Gasteiger partial charge on any atom is -0.368 e. The summed E-state index contributed by atoms with van der Waals surface area (Å²) in [6.45, 7) is 0.765. The fourth-order valence-electron chi connectivity index (χ4n) is 1.14. The number of nitrogens with zero attached hydrogens (tertiary/aromatic N) is 1. The molecule has 0 aliphatic rings. The van der Waals surface area contributed by atoms with Gasteiger partial charge in [-0.2, -0.15) is 13.2 Å². The first-order chi connectivity index (χ1) is 8.33. The summed E-state index contributed by atoms with van der Waals surface area (Å²) in [5.74, 6) is -3.02. The quantitative estimate of drug-likeness (QED) is 0.806. The van der Waals surface area contributed by atoms with Gasteiger partial charge in [0.25, 0.3) is 0 Å². The number of alkyl halides is 3. The minimum atomic E-state index is -4.50. The maximum atomic E-state index is 13.2. The average molecular weight is 269 g/mol. The van der Waals surface area contributed by atoms with E-state index in [0.29, 0.717) is 19.0 Å². The fourth-order valence-corrected chi connectivity index (χ4v) is 1.14. The van der Waals surface area contributed by atoms with Crippen LogP contribution in [-0.4, -0.2) is 24.2 Å². The first-order valence-corrected chi connectivity index (χ1v) is 5.24. The van der Waals surface area contributed by atoms with Crippen LogP contribution in [0.4, 0.5) is 33.6 Å². The Labute approximate surface area is 100 Å². The molecule has 1 aromatic heterocycles. The van der Waals surface area contributed by atoms with Crippen LogP contribution in [0, 0.1) is 11.6 Å². The van der Waals surface area contributed by atoms with Crippen LogP contribution in [-0.2, 0) is 0 Å². The highest BCUT2D eigenvalue weighted by atomic mass is 19.4. The molecule has 0 spiro atoms. The fraction of sp³-hybridized carbons (Fsp3) is 0.500. The zero-order valence-corrected chi connectivity index (χ0v) is 9.54. The van der Waals surface area contributed by atoms with E-state index in [4.69, 9.17) is 0 Å². The van der Waals surface area contributed by atoms with Crippen LogP contribution >= 0.6 is 0 Å². The van der Waals surface area contributed by atoms with E-state index in [1.54, 1.807) is 5.32 Å². The monoisotopic (exact) mass is 269 g/mol. The molecule has 0 aromatic carbocycles. The Morgan fingerprint density at radius 1 is 1.11 bits per heavy atom. The predicted octanol–water partition coefficient (Wildman–Crippen LogP) is 3.16. The molecule has 3 nitrogen and oxygen atoms in total. The Bertz CT molecular complexity index is 405. The molecule has 2 N–H and O–H groups in total. The second-order valence-electron chi connectivity index (χ2n) is 3.54. The van der Waals surface area contributed by atoms with Crippen LogP contribution in [0.3, 0.4) is 0 Å². The SMILES string of the molecule is CCCNc1nc(NCC(F)(F)F)c(F)cc1F. The van der Waals surface area contributed by atoms with Gasteiger partial charge in [0, 0.05) is 12.6 Å². The van der Waals surface area contributed by atoms with E-state index in [-0.39, 0.29) is 5.82 Å². The zero-order valence-electron chi connectivity index (χ0n) is 9.54. The van der Waals surface area contributed by atoms with Crippen LogP contribution in [0.2, 0.25) is 0 Å². The van der Waals surface area contributed by atoms with Gasteiger partial charge in [0.1, 0.15) is 6.54 Å². The lowest BCUT2D eigenvalue weighted by Gasteiger charge is -2.12. The van der Waals surface area contributed by atoms with E-state index in [0.717, 1.165) is 0 Å². The van der Waals surface area contributed by atoms with E-state index in [9.17, 15) is 22.0 Å². The maximum absolute atomic E-state index is 13.2. The van der Waals surface area contributed by atoms with E-state index in [1.165, 1.54) is 0 Å². The molecular formula is C10H12F5N3. The highest BCUT2D eigenvalue weighted by Gasteiger charge is 2.27. The maximum Gasteiger partial charge on any atom is 0.405 e. The molecule has 8 heteroatoms. The summed E-state index contributed by atoms with van der Waals surface area (Å²) in [6.07, 6.45) is -3.83. The van der Waals surface area contributed by atoms with Crippen molar-refractivity contribution in [3.05, 3.63) is 17.7 Å². The molecule has 18 heavy (non-hydrogen) atoms. The molecule has 0 fully saturated rings. The highest BCUT2D eigenvalue weighted by molar-refractivity contribution is 5.47. The third kappa shape index (κ3) is 4.34. The Morgan fingerprint density at radius 3 is 2.17 bits per heavy atom. The number of nitrogens with one attached hydrogen (secondary N) is 2. The van der Waals surface area contributed by atoms with Gasteiger partial charge in [-0.25, -0.2) is 13.8 Å². The van der Waals surface area contributed by atoms with Gasteiger partial charge in [-0.15, -0.1) is 0 Å². The van der Waals surface area contributed by atoms with Crippen molar-refractivity contribution in [1.82, 2.24) is 4.98 Å². The second kappa shape index (κ2) is 5.83. The molecule has 0 amide bonds. The second-order valence-corrected chi connectivity index (χ2v) is 3.54. The van der Waals surface area contributed by atoms with Crippen molar-refractivity contribution in [2.75, 3.05) is 23.7 Å².